The molecule has 0 bridgehead atoms. The molecule has 0 spiro atoms. The van der Waals surface area contributed by atoms with Crippen LogP contribution in [-0.4, -0.2) is 42.3 Å². The predicted octanol–water partition coefficient (Wildman–Crippen LogP) is 1.25. The predicted molar refractivity (Wildman–Crippen MR) is 76.1 cm³/mol. The Morgan fingerprint density at radius 2 is 1.88 bits per heavy atom. The molecule has 0 radical (unpaired) electrons. The number of nitrogens with two attached hydrogens (primary N) is 1. The summed E-state index contributed by atoms with van der Waals surface area (Å²) < 4.78 is 36.4. The number of ether oxygens (including phenoxy) is 1. The lowest BCUT2D eigenvalue weighted by molar-refractivity contribution is -0.192. The maximum absolute atomic E-state index is 11.6. The van der Waals surface area contributed by atoms with E-state index in [1.54, 1.807) is 6.07 Å². The average Bonchev–Trinajstić information content (AvgIpc) is 2.51. The van der Waals surface area contributed by atoms with Gasteiger partial charge in [0, 0.05) is 11.6 Å². The summed E-state index contributed by atoms with van der Waals surface area (Å²) in [5.74, 6) is -3.72. The molecule has 2 atom stereocenters. The average molecular weight is 348 g/mol. The van der Waals surface area contributed by atoms with Gasteiger partial charge < -0.3 is 20.9 Å². The molecule has 1 aliphatic rings. The van der Waals surface area contributed by atoms with Gasteiger partial charge in [0.15, 0.2) is 0 Å². The summed E-state index contributed by atoms with van der Waals surface area (Å²) in [6.45, 7) is 0. The number of esters is 1. The molecule has 0 saturated heterocycles. The fourth-order valence-corrected chi connectivity index (χ4v) is 2.03. The number of amides is 1. The third kappa shape index (κ3) is 4.95. The van der Waals surface area contributed by atoms with Crippen LogP contribution >= 0.6 is 0 Å². The van der Waals surface area contributed by atoms with Crippen molar-refractivity contribution in [3.05, 3.63) is 29.8 Å². The molecule has 1 aromatic carbocycles. The van der Waals surface area contributed by atoms with Crippen molar-refractivity contribution < 1.29 is 37.4 Å². The number of anilines is 1. The Labute approximate surface area is 134 Å². The van der Waals surface area contributed by atoms with Crippen molar-refractivity contribution in [2.45, 2.75) is 24.6 Å². The summed E-state index contributed by atoms with van der Waals surface area (Å²) in [6, 6.07) is 6.62. The maximum atomic E-state index is 11.6. The first-order chi connectivity index (χ1) is 11.1. The van der Waals surface area contributed by atoms with Crippen LogP contribution < -0.4 is 11.1 Å². The second kappa shape index (κ2) is 7.77. The minimum atomic E-state index is -5.08. The van der Waals surface area contributed by atoms with E-state index in [4.69, 9.17) is 15.6 Å². The van der Waals surface area contributed by atoms with Gasteiger partial charge in [-0.2, -0.15) is 13.2 Å². The molecule has 7 nitrogen and oxygen atoms in total. The number of para-hydroxylation sites is 1. The first-order valence-corrected chi connectivity index (χ1v) is 6.60. The molecular formula is C14H15F3N2O5. The molecule has 0 fully saturated rings. The van der Waals surface area contributed by atoms with Crippen LogP contribution in [0, 0.1) is 0 Å². The molecule has 1 amide bonds. The molecule has 10 heteroatoms. The van der Waals surface area contributed by atoms with Crippen LogP contribution in [0.1, 0.15) is 17.9 Å². The highest BCUT2D eigenvalue weighted by Gasteiger charge is 2.38. The van der Waals surface area contributed by atoms with Crippen molar-refractivity contribution in [3.8, 4) is 0 Å². The number of halogens is 3. The fourth-order valence-electron chi connectivity index (χ4n) is 2.03. The zero-order chi connectivity index (χ0) is 18.5. The molecule has 24 heavy (non-hydrogen) atoms. The standard InChI is InChI=1S/C12H14N2O3.C2HF3O2/c1-17-10(15)6-8-7-4-2-3-5-9(7)14-12(16)11(8)13;3-2(4,5)1(6)7/h2-5,8,11H,6,13H2,1H3,(H,14,16);(H,6,7)/t8-,11+;/m1./s1. The molecular weight excluding hydrogens is 333 g/mol. The van der Waals surface area contributed by atoms with Crippen LogP contribution in [0.3, 0.4) is 0 Å². The lowest BCUT2D eigenvalue weighted by Gasteiger charge is -2.29. The maximum Gasteiger partial charge on any atom is 0.490 e. The van der Waals surface area contributed by atoms with Gasteiger partial charge in [-0.25, -0.2) is 4.79 Å². The van der Waals surface area contributed by atoms with Crippen LogP contribution in [0.2, 0.25) is 0 Å². The monoisotopic (exact) mass is 348 g/mol. The Morgan fingerprint density at radius 3 is 2.38 bits per heavy atom. The number of alkyl halides is 3. The van der Waals surface area contributed by atoms with Crippen molar-refractivity contribution in [2.75, 3.05) is 12.4 Å². The van der Waals surface area contributed by atoms with Crippen LogP contribution in [0.4, 0.5) is 18.9 Å². The number of carbonyl (C=O) groups is 3. The number of carbonyl (C=O) groups excluding carboxylic acids is 2. The van der Waals surface area contributed by atoms with E-state index in [1.165, 1.54) is 7.11 Å². The normalized spacial score (nSPS) is 19.3. The molecule has 2 rings (SSSR count). The fraction of sp³-hybridized carbons (Fsp3) is 0.357. The van der Waals surface area contributed by atoms with Crippen molar-refractivity contribution in [1.82, 2.24) is 0 Å². The number of methoxy groups -OCH3 is 1. The Kier molecular flexibility index (Phi) is 6.29. The lowest BCUT2D eigenvalue weighted by Crippen LogP contribution is -2.45. The number of rotatable bonds is 2. The Balaban J connectivity index is 0.000000351. The number of hydrogen-bond donors (Lipinski definition) is 3. The number of benzene rings is 1. The smallest absolute Gasteiger partial charge is 0.475 e. The van der Waals surface area contributed by atoms with Gasteiger partial charge in [-0.05, 0) is 11.6 Å². The van der Waals surface area contributed by atoms with Gasteiger partial charge in [-0.1, -0.05) is 18.2 Å². The van der Waals surface area contributed by atoms with Crippen LogP contribution in [0.5, 0.6) is 0 Å². The summed E-state index contributed by atoms with van der Waals surface area (Å²) >= 11 is 0. The molecule has 4 N–H and O–H groups in total. The third-order valence-electron chi connectivity index (χ3n) is 3.21. The first-order valence-electron chi connectivity index (χ1n) is 6.60. The molecule has 1 aromatic rings. The zero-order valence-electron chi connectivity index (χ0n) is 12.5. The minimum absolute atomic E-state index is 0.113. The zero-order valence-corrected chi connectivity index (χ0v) is 12.5. The van der Waals surface area contributed by atoms with Gasteiger partial charge in [0.2, 0.25) is 5.91 Å². The van der Waals surface area contributed by atoms with Crippen molar-refractivity contribution >= 4 is 23.5 Å². The van der Waals surface area contributed by atoms with E-state index >= 15 is 0 Å². The number of carboxylic acids is 1. The van der Waals surface area contributed by atoms with Crippen molar-refractivity contribution in [3.63, 3.8) is 0 Å². The van der Waals surface area contributed by atoms with E-state index < -0.39 is 18.2 Å². The van der Waals surface area contributed by atoms with E-state index in [-0.39, 0.29) is 24.2 Å². The summed E-state index contributed by atoms with van der Waals surface area (Å²) in [4.78, 5) is 31.9. The highest BCUT2D eigenvalue weighted by molar-refractivity contribution is 5.99. The molecule has 0 aliphatic carbocycles. The molecule has 0 unspecified atom stereocenters. The number of carboxylic acid groups (broad SMARTS) is 1. The van der Waals surface area contributed by atoms with Crippen LogP contribution in [-0.2, 0) is 19.1 Å². The van der Waals surface area contributed by atoms with Gasteiger partial charge in [0.05, 0.1) is 19.6 Å². The summed E-state index contributed by atoms with van der Waals surface area (Å²) in [5.41, 5.74) is 7.42. The van der Waals surface area contributed by atoms with Crippen molar-refractivity contribution in [2.24, 2.45) is 5.73 Å². The highest BCUT2D eigenvalue weighted by Crippen LogP contribution is 2.33. The van der Waals surface area contributed by atoms with Gasteiger partial charge in [0.1, 0.15) is 0 Å². The Hall–Kier alpha value is -2.62. The van der Waals surface area contributed by atoms with E-state index in [0.29, 0.717) is 5.69 Å². The number of hydrogen-bond acceptors (Lipinski definition) is 5. The number of nitrogens with one attached hydrogen (secondary N) is 1. The van der Waals surface area contributed by atoms with Crippen LogP contribution in [0.15, 0.2) is 24.3 Å². The lowest BCUT2D eigenvalue weighted by atomic mass is 9.84. The topological polar surface area (TPSA) is 119 Å². The van der Waals surface area contributed by atoms with E-state index in [2.05, 4.69) is 10.1 Å². The quantitative estimate of drug-likeness (QED) is 0.692. The van der Waals surface area contributed by atoms with Gasteiger partial charge in [0.25, 0.3) is 0 Å². The van der Waals surface area contributed by atoms with Gasteiger partial charge in [-0.15, -0.1) is 0 Å². The first kappa shape index (κ1) is 19.4. The van der Waals surface area contributed by atoms with Gasteiger partial charge >= 0.3 is 18.1 Å². The molecule has 0 saturated carbocycles. The summed E-state index contributed by atoms with van der Waals surface area (Å²) in [5, 5.41) is 9.84. The summed E-state index contributed by atoms with van der Waals surface area (Å²) in [6.07, 6.45) is -4.97. The Morgan fingerprint density at radius 1 is 1.33 bits per heavy atom. The highest BCUT2D eigenvalue weighted by atomic mass is 19.4. The molecule has 1 heterocycles. The van der Waals surface area contributed by atoms with E-state index in [0.717, 1.165) is 5.56 Å². The van der Waals surface area contributed by atoms with E-state index in [1.807, 2.05) is 18.2 Å². The third-order valence-corrected chi connectivity index (χ3v) is 3.21. The molecule has 0 aromatic heterocycles. The second-order valence-electron chi connectivity index (χ2n) is 4.79. The van der Waals surface area contributed by atoms with Crippen molar-refractivity contribution in [1.29, 1.82) is 0 Å². The van der Waals surface area contributed by atoms with Crippen LogP contribution in [0.25, 0.3) is 0 Å². The summed E-state index contributed by atoms with van der Waals surface area (Å²) in [7, 11) is 1.32. The van der Waals surface area contributed by atoms with E-state index in [9.17, 15) is 22.8 Å². The molecule has 132 valence electrons. The Bertz CT molecular complexity index is 633. The largest absolute Gasteiger partial charge is 0.490 e. The SMILES string of the molecule is COC(=O)C[C@@H]1c2ccccc2NC(=O)[C@H]1N.O=C(O)C(F)(F)F. The molecule has 1 aliphatic heterocycles. The number of aliphatic carboxylic acids is 1. The van der Waals surface area contributed by atoms with Gasteiger partial charge in [-0.3, -0.25) is 9.59 Å². The number of fused-ring (bicyclic) bond motifs is 1. The minimum Gasteiger partial charge on any atom is -0.475 e. The second-order valence-corrected chi connectivity index (χ2v) is 4.79.